The van der Waals surface area contributed by atoms with E-state index in [2.05, 4.69) is 20.8 Å². The van der Waals surface area contributed by atoms with Gasteiger partial charge in [0.2, 0.25) is 0 Å². The van der Waals surface area contributed by atoms with Gasteiger partial charge in [0.15, 0.2) is 5.65 Å². The standard InChI is InChI=1S/C20H23Cl2N3/c1-5-13(6-2)18-17(7-3)24-25-19(12(4)11-23-20(18)25)15-9-8-14(21)10-16(15)22/h8-11,13H,5-7H2,1-4H3. The molecule has 3 rings (SSSR count). The number of hydrogen-bond acceptors (Lipinski definition) is 2. The zero-order valence-electron chi connectivity index (χ0n) is 15.1. The van der Waals surface area contributed by atoms with Crippen LogP contribution in [0.3, 0.4) is 0 Å². The fourth-order valence-corrected chi connectivity index (χ4v) is 4.01. The second-order valence-corrected chi connectivity index (χ2v) is 7.22. The first-order valence-electron chi connectivity index (χ1n) is 8.84. The third-order valence-corrected chi connectivity index (χ3v) is 5.40. The molecule has 0 fully saturated rings. The Hall–Kier alpha value is -1.58. The van der Waals surface area contributed by atoms with Crippen LogP contribution in [0.4, 0.5) is 0 Å². The predicted molar refractivity (Wildman–Crippen MR) is 106 cm³/mol. The fourth-order valence-electron chi connectivity index (χ4n) is 3.52. The molecule has 5 heteroatoms. The van der Waals surface area contributed by atoms with E-state index >= 15 is 0 Å². The summed E-state index contributed by atoms with van der Waals surface area (Å²) in [5, 5.41) is 6.17. The molecule has 0 aliphatic heterocycles. The van der Waals surface area contributed by atoms with Gasteiger partial charge in [-0.25, -0.2) is 9.50 Å². The summed E-state index contributed by atoms with van der Waals surface area (Å²) in [4.78, 5) is 4.73. The van der Waals surface area contributed by atoms with Crippen LogP contribution in [0.15, 0.2) is 24.4 Å². The van der Waals surface area contributed by atoms with Crippen LogP contribution >= 0.6 is 23.2 Å². The molecule has 2 aromatic heterocycles. The molecule has 3 nitrogen and oxygen atoms in total. The van der Waals surface area contributed by atoms with Crippen molar-refractivity contribution in [3.05, 3.63) is 51.3 Å². The van der Waals surface area contributed by atoms with E-state index in [4.69, 9.17) is 33.3 Å². The van der Waals surface area contributed by atoms with E-state index in [0.717, 1.165) is 47.4 Å². The Morgan fingerprint density at radius 3 is 2.44 bits per heavy atom. The number of aryl methyl sites for hydroxylation is 2. The molecule has 0 radical (unpaired) electrons. The van der Waals surface area contributed by atoms with E-state index in [1.54, 1.807) is 6.07 Å². The summed E-state index contributed by atoms with van der Waals surface area (Å²) in [5.74, 6) is 0.469. The van der Waals surface area contributed by atoms with Crippen LogP contribution in [0, 0.1) is 6.92 Å². The van der Waals surface area contributed by atoms with Crippen molar-refractivity contribution in [3.8, 4) is 11.3 Å². The third-order valence-electron chi connectivity index (χ3n) is 4.85. The van der Waals surface area contributed by atoms with Gasteiger partial charge in [0.1, 0.15) is 0 Å². The minimum absolute atomic E-state index is 0.469. The highest BCUT2D eigenvalue weighted by molar-refractivity contribution is 6.36. The Kier molecular flexibility index (Phi) is 5.35. The van der Waals surface area contributed by atoms with E-state index in [0.29, 0.717) is 16.0 Å². The summed E-state index contributed by atoms with van der Waals surface area (Å²) in [6.07, 6.45) is 4.97. The molecule has 0 amide bonds. The second kappa shape index (κ2) is 7.35. The van der Waals surface area contributed by atoms with Crippen molar-refractivity contribution in [2.45, 2.75) is 52.9 Å². The van der Waals surface area contributed by atoms with Crippen LogP contribution in [-0.4, -0.2) is 14.6 Å². The summed E-state index contributed by atoms with van der Waals surface area (Å²) < 4.78 is 1.97. The smallest absolute Gasteiger partial charge is 0.159 e. The number of hydrogen-bond donors (Lipinski definition) is 0. The van der Waals surface area contributed by atoms with Crippen LogP contribution < -0.4 is 0 Å². The summed E-state index contributed by atoms with van der Waals surface area (Å²) in [6.45, 7) is 8.64. The zero-order valence-corrected chi connectivity index (χ0v) is 16.6. The van der Waals surface area contributed by atoms with Crippen molar-refractivity contribution >= 4 is 28.8 Å². The molecule has 0 aliphatic rings. The van der Waals surface area contributed by atoms with E-state index in [1.807, 2.05) is 29.8 Å². The quantitative estimate of drug-likeness (QED) is 0.510. The lowest BCUT2D eigenvalue weighted by molar-refractivity contribution is 0.638. The summed E-state index contributed by atoms with van der Waals surface area (Å²) in [6, 6.07) is 5.59. The average molecular weight is 376 g/mol. The lowest BCUT2D eigenvalue weighted by atomic mass is 9.93. The SMILES string of the molecule is CCc1nn2c(-c3ccc(Cl)cc3Cl)c(C)cnc2c1C(CC)CC. The van der Waals surface area contributed by atoms with Crippen LogP contribution in [0.25, 0.3) is 16.9 Å². The molecule has 2 heterocycles. The van der Waals surface area contributed by atoms with Crippen molar-refractivity contribution in [2.24, 2.45) is 0 Å². The van der Waals surface area contributed by atoms with Gasteiger partial charge in [-0.15, -0.1) is 0 Å². The summed E-state index contributed by atoms with van der Waals surface area (Å²) in [7, 11) is 0. The van der Waals surface area contributed by atoms with E-state index in [-0.39, 0.29) is 0 Å². The van der Waals surface area contributed by atoms with E-state index in [9.17, 15) is 0 Å². The fraction of sp³-hybridized carbons (Fsp3) is 0.400. The maximum absolute atomic E-state index is 6.49. The van der Waals surface area contributed by atoms with Gasteiger partial charge in [0.25, 0.3) is 0 Å². The molecular formula is C20H23Cl2N3. The zero-order chi connectivity index (χ0) is 18.1. The minimum Gasteiger partial charge on any atom is -0.236 e. The van der Waals surface area contributed by atoms with Gasteiger partial charge in [0, 0.05) is 22.3 Å². The van der Waals surface area contributed by atoms with Gasteiger partial charge in [-0.05, 0) is 55.9 Å². The lowest BCUT2D eigenvalue weighted by Crippen LogP contribution is -2.02. The molecule has 0 spiro atoms. The Morgan fingerprint density at radius 2 is 1.84 bits per heavy atom. The molecule has 1 aromatic carbocycles. The normalized spacial score (nSPS) is 11.6. The number of fused-ring (bicyclic) bond motifs is 1. The van der Waals surface area contributed by atoms with Crippen LogP contribution in [0.1, 0.15) is 56.4 Å². The van der Waals surface area contributed by atoms with Gasteiger partial charge in [-0.2, -0.15) is 5.10 Å². The maximum Gasteiger partial charge on any atom is 0.159 e. The Bertz CT molecular complexity index is 911. The number of aromatic nitrogens is 3. The largest absolute Gasteiger partial charge is 0.236 e. The van der Waals surface area contributed by atoms with Crippen molar-refractivity contribution < 1.29 is 0 Å². The van der Waals surface area contributed by atoms with Crippen molar-refractivity contribution in [1.29, 1.82) is 0 Å². The first-order chi connectivity index (χ1) is 12.0. The summed E-state index contributed by atoms with van der Waals surface area (Å²) in [5.41, 5.74) is 6.29. The Labute approximate surface area is 159 Å². The minimum atomic E-state index is 0.469. The molecular weight excluding hydrogens is 353 g/mol. The Morgan fingerprint density at radius 1 is 1.12 bits per heavy atom. The predicted octanol–water partition coefficient (Wildman–Crippen LogP) is 6.48. The highest BCUT2D eigenvalue weighted by atomic mass is 35.5. The van der Waals surface area contributed by atoms with Crippen molar-refractivity contribution in [1.82, 2.24) is 14.6 Å². The first-order valence-corrected chi connectivity index (χ1v) is 9.59. The number of rotatable bonds is 5. The second-order valence-electron chi connectivity index (χ2n) is 6.38. The number of nitrogens with zero attached hydrogens (tertiary/aromatic N) is 3. The van der Waals surface area contributed by atoms with Gasteiger partial charge in [0.05, 0.1) is 16.4 Å². The topological polar surface area (TPSA) is 30.2 Å². The molecule has 25 heavy (non-hydrogen) atoms. The molecule has 0 N–H and O–H groups in total. The third kappa shape index (κ3) is 3.16. The highest BCUT2D eigenvalue weighted by Gasteiger charge is 2.22. The van der Waals surface area contributed by atoms with Gasteiger partial charge in [-0.1, -0.05) is 44.0 Å². The molecule has 0 unspecified atom stereocenters. The first kappa shape index (κ1) is 18.2. The molecule has 3 aromatic rings. The lowest BCUT2D eigenvalue weighted by Gasteiger charge is -2.14. The highest BCUT2D eigenvalue weighted by Crippen LogP contribution is 2.36. The molecule has 0 aliphatic carbocycles. The van der Waals surface area contributed by atoms with E-state index in [1.165, 1.54) is 5.56 Å². The number of benzene rings is 1. The molecule has 0 saturated heterocycles. The van der Waals surface area contributed by atoms with Crippen LogP contribution in [0.2, 0.25) is 10.0 Å². The molecule has 0 atom stereocenters. The van der Waals surface area contributed by atoms with Crippen LogP contribution in [0.5, 0.6) is 0 Å². The van der Waals surface area contributed by atoms with Gasteiger partial charge < -0.3 is 0 Å². The summed E-state index contributed by atoms with van der Waals surface area (Å²) >= 11 is 12.6. The van der Waals surface area contributed by atoms with Gasteiger partial charge in [-0.3, -0.25) is 0 Å². The Balaban J connectivity index is 2.35. The molecule has 132 valence electrons. The van der Waals surface area contributed by atoms with Gasteiger partial charge >= 0.3 is 0 Å². The molecule has 0 saturated carbocycles. The average Bonchev–Trinajstić information content (AvgIpc) is 2.96. The van der Waals surface area contributed by atoms with Crippen molar-refractivity contribution in [3.63, 3.8) is 0 Å². The van der Waals surface area contributed by atoms with Crippen molar-refractivity contribution in [2.75, 3.05) is 0 Å². The monoisotopic (exact) mass is 375 g/mol. The maximum atomic E-state index is 6.49. The van der Waals surface area contributed by atoms with Crippen LogP contribution in [-0.2, 0) is 6.42 Å². The van der Waals surface area contributed by atoms with E-state index < -0.39 is 0 Å². The number of halogens is 2. The molecule has 0 bridgehead atoms.